The molecule has 9 N–H and O–H groups in total. The Labute approximate surface area is 502 Å². The van der Waals surface area contributed by atoms with Crippen molar-refractivity contribution in [1.82, 2.24) is 5.32 Å². The van der Waals surface area contributed by atoms with Crippen LogP contribution in [0.25, 0.3) is 0 Å². The van der Waals surface area contributed by atoms with Crippen LogP contribution in [-0.2, 0) is 23.7 Å². The molecule has 2 aliphatic rings. The molecule has 0 radical (unpaired) electrons. The van der Waals surface area contributed by atoms with E-state index >= 15 is 0 Å². The summed E-state index contributed by atoms with van der Waals surface area (Å²) >= 11 is 0. The third kappa shape index (κ3) is 38.3. The highest BCUT2D eigenvalue weighted by atomic mass is 16.7. The van der Waals surface area contributed by atoms with Crippen molar-refractivity contribution in [3.8, 4) is 0 Å². The number of nitrogens with one attached hydrogen (secondary N) is 1. The lowest BCUT2D eigenvalue weighted by molar-refractivity contribution is -0.359. The molecule has 14 nitrogen and oxygen atoms in total. The third-order valence-corrected chi connectivity index (χ3v) is 17.8. The summed E-state index contributed by atoms with van der Waals surface area (Å²) in [6.07, 6.45) is 47.8. The standard InChI is InChI=1S/C68H133NO13/c1-3-5-7-9-11-13-14-15-16-17-18-19-20-21-22-23-24-25-26-27-28-29-30-31-32-33-34-35-36-37-38-39-40-41-42-43-44-46-48-50-52-60(73)69-56(57(72)51-49-47-45-12-10-8-6-4-2)55-79-67-65(78)63(76)66(59(54-71)81-67)82-68-64(77)62(75)61(74)58(53-70)80-68/h56-59,61-68,70-72,74-78H,3-55H2,1-2H3,(H,69,73). The largest absolute Gasteiger partial charge is 0.394 e. The minimum Gasteiger partial charge on any atom is -0.394 e. The van der Waals surface area contributed by atoms with Crippen molar-refractivity contribution in [3.05, 3.63) is 0 Å². The number of carbonyl (C=O) groups is 1. The number of ether oxygens (including phenoxy) is 4. The summed E-state index contributed by atoms with van der Waals surface area (Å²) in [5, 5.41) is 87.0. The van der Waals surface area contributed by atoms with Gasteiger partial charge >= 0.3 is 0 Å². The fraction of sp³-hybridized carbons (Fsp3) is 0.985. The van der Waals surface area contributed by atoms with Gasteiger partial charge in [0.1, 0.15) is 48.8 Å². The molecule has 12 unspecified atom stereocenters. The van der Waals surface area contributed by atoms with E-state index in [4.69, 9.17) is 18.9 Å². The summed E-state index contributed by atoms with van der Waals surface area (Å²) in [6, 6.07) is -0.821. The van der Waals surface area contributed by atoms with E-state index in [2.05, 4.69) is 19.2 Å². The van der Waals surface area contributed by atoms with Gasteiger partial charge in [0.15, 0.2) is 12.6 Å². The first-order valence-corrected chi connectivity index (χ1v) is 35.3. The van der Waals surface area contributed by atoms with Crippen LogP contribution < -0.4 is 5.32 Å². The molecule has 2 saturated heterocycles. The maximum atomic E-state index is 13.2. The molecule has 0 saturated carbocycles. The van der Waals surface area contributed by atoms with Crippen LogP contribution in [0.1, 0.15) is 335 Å². The Bertz CT molecular complexity index is 1380. The van der Waals surface area contributed by atoms with Crippen molar-refractivity contribution in [2.45, 2.75) is 408 Å². The summed E-state index contributed by atoms with van der Waals surface area (Å²) in [5.41, 5.74) is 0. The molecular weight excluding hydrogens is 1040 g/mol. The molecule has 0 aliphatic carbocycles. The zero-order valence-electron chi connectivity index (χ0n) is 53.0. The van der Waals surface area contributed by atoms with E-state index in [1.807, 2.05) is 0 Å². The van der Waals surface area contributed by atoms with Crippen molar-refractivity contribution in [3.63, 3.8) is 0 Å². The summed E-state index contributed by atoms with van der Waals surface area (Å²) < 4.78 is 22.8. The maximum Gasteiger partial charge on any atom is 0.220 e. The molecule has 0 aromatic rings. The van der Waals surface area contributed by atoms with Crippen molar-refractivity contribution >= 4 is 5.91 Å². The normalized spacial score (nSPS) is 23.8. The fourth-order valence-corrected chi connectivity index (χ4v) is 12.2. The summed E-state index contributed by atoms with van der Waals surface area (Å²) in [5.74, 6) is -0.202. The van der Waals surface area contributed by atoms with Crippen LogP contribution in [0.15, 0.2) is 0 Å². The highest BCUT2D eigenvalue weighted by Crippen LogP contribution is 2.30. The second kappa shape index (κ2) is 54.2. The number of aliphatic hydroxyl groups excluding tert-OH is 8. The maximum absolute atomic E-state index is 13.2. The molecule has 12 atom stereocenters. The number of hydrogen-bond donors (Lipinski definition) is 9. The zero-order chi connectivity index (χ0) is 59.5. The molecule has 2 heterocycles. The third-order valence-electron chi connectivity index (χ3n) is 17.8. The van der Waals surface area contributed by atoms with E-state index < -0.39 is 86.8 Å². The first-order valence-electron chi connectivity index (χ1n) is 35.3. The minimum atomic E-state index is -1.78. The van der Waals surface area contributed by atoms with Crippen LogP contribution in [0.2, 0.25) is 0 Å². The average Bonchev–Trinajstić information content (AvgIpc) is 3.67. The number of aliphatic hydroxyl groups is 8. The van der Waals surface area contributed by atoms with Gasteiger partial charge in [-0.15, -0.1) is 0 Å². The monoisotopic (exact) mass is 1170 g/mol. The van der Waals surface area contributed by atoms with E-state index in [0.717, 1.165) is 51.4 Å². The highest BCUT2D eigenvalue weighted by molar-refractivity contribution is 5.76. The first kappa shape index (κ1) is 77.1. The SMILES string of the molecule is CCCCCCCCCCCCCCCCCCCCCCCCCCCCCCCCCCCCCCCCCCC(=O)NC(COC1OC(CO)C(OC2OC(CO)C(O)C(O)C2O)C(O)C1O)C(O)CCCCCCCCCC. The summed E-state index contributed by atoms with van der Waals surface area (Å²) in [4.78, 5) is 13.2. The van der Waals surface area contributed by atoms with Crippen molar-refractivity contribution in [2.75, 3.05) is 19.8 Å². The lowest BCUT2D eigenvalue weighted by Crippen LogP contribution is -2.65. The molecule has 82 heavy (non-hydrogen) atoms. The van der Waals surface area contributed by atoms with Gasteiger partial charge in [0, 0.05) is 6.42 Å². The van der Waals surface area contributed by atoms with Crippen molar-refractivity contribution in [1.29, 1.82) is 0 Å². The van der Waals surface area contributed by atoms with E-state index in [1.165, 1.54) is 257 Å². The average molecular weight is 1170 g/mol. The smallest absolute Gasteiger partial charge is 0.220 e. The number of unbranched alkanes of at least 4 members (excludes halogenated alkanes) is 46. The molecule has 0 bridgehead atoms. The van der Waals surface area contributed by atoms with E-state index in [-0.39, 0.29) is 12.5 Å². The van der Waals surface area contributed by atoms with Gasteiger partial charge in [0.2, 0.25) is 5.91 Å². The molecule has 0 aromatic carbocycles. The molecule has 2 fully saturated rings. The number of rotatable bonds is 59. The van der Waals surface area contributed by atoms with Gasteiger partial charge < -0.3 is 65.1 Å². The molecule has 1 amide bonds. The number of carbonyl (C=O) groups excluding carboxylic acids is 1. The van der Waals surface area contributed by atoms with Crippen LogP contribution in [-0.4, -0.2) is 140 Å². The van der Waals surface area contributed by atoms with Gasteiger partial charge in [-0.2, -0.15) is 0 Å². The first-order chi connectivity index (χ1) is 40.1. The molecule has 0 aromatic heterocycles. The Kier molecular flexibility index (Phi) is 50.9. The van der Waals surface area contributed by atoms with E-state index in [9.17, 15) is 45.6 Å². The lowest BCUT2D eigenvalue weighted by Gasteiger charge is -2.46. The summed E-state index contributed by atoms with van der Waals surface area (Å²) in [7, 11) is 0. The van der Waals surface area contributed by atoms with Gasteiger partial charge in [0.25, 0.3) is 0 Å². The minimum absolute atomic E-state index is 0.202. The van der Waals surface area contributed by atoms with Crippen molar-refractivity contribution < 1.29 is 64.6 Å². The molecule has 14 heteroatoms. The number of hydrogen-bond acceptors (Lipinski definition) is 13. The lowest BCUT2D eigenvalue weighted by atomic mass is 9.97. The summed E-state index contributed by atoms with van der Waals surface area (Å²) in [6.45, 7) is 2.86. The van der Waals surface area contributed by atoms with Gasteiger partial charge in [-0.3, -0.25) is 4.79 Å². The Hall–Kier alpha value is -1.01. The Balaban J connectivity index is 1.46. The molecule has 2 aliphatic heterocycles. The topological polar surface area (TPSA) is 228 Å². The quantitative estimate of drug-likeness (QED) is 0.0259. The van der Waals surface area contributed by atoms with Crippen LogP contribution >= 0.6 is 0 Å². The Morgan fingerprint density at radius 1 is 0.390 bits per heavy atom. The zero-order valence-corrected chi connectivity index (χ0v) is 53.0. The van der Waals surface area contributed by atoms with Crippen LogP contribution in [0.4, 0.5) is 0 Å². The van der Waals surface area contributed by atoms with Crippen LogP contribution in [0.3, 0.4) is 0 Å². The molecule has 2 rings (SSSR count). The molecular formula is C68H133NO13. The Morgan fingerprint density at radius 2 is 0.695 bits per heavy atom. The van der Waals surface area contributed by atoms with Crippen LogP contribution in [0, 0.1) is 0 Å². The second-order valence-corrected chi connectivity index (χ2v) is 25.4. The van der Waals surface area contributed by atoms with Gasteiger partial charge in [0.05, 0.1) is 32.0 Å². The van der Waals surface area contributed by atoms with E-state index in [1.54, 1.807) is 0 Å². The predicted molar refractivity (Wildman–Crippen MR) is 332 cm³/mol. The highest BCUT2D eigenvalue weighted by Gasteiger charge is 2.51. The fourth-order valence-electron chi connectivity index (χ4n) is 12.2. The second-order valence-electron chi connectivity index (χ2n) is 25.4. The van der Waals surface area contributed by atoms with Crippen molar-refractivity contribution in [2.24, 2.45) is 0 Å². The Morgan fingerprint density at radius 3 is 1.04 bits per heavy atom. The van der Waals surface area contributed by atoms with Gasteiger partial charge in [-0.25, -0.2) is 0 Å². The van der Waals surface area contributed by atoms with Gasteiger partial charge in [-0.05, 0) is 12.8 Å². The predicted octanol–water partition coefficient (Wildman–Crippen LogP) is 14.0. The van der Waals surface area contributed by atoms with Crippen LogP contribution in [0.5, 0.6) is 0 Å². The van der Waals surface area contributed by atoms with Gasteiger partial charge in [-0.1, -0.05) is 316 Å². The molecule has 0 spiro atoms. The molecule has 488 valence electrons. The van der Waals surface area contributed by atoms with E-state index in [0.29, 0.717) is 12.8 Å². The number of amides is 1.